The third kappa shape index (κ3) is 4.46. The highest BCUT2D eigenvalue weighted by Gasteiger charge is 2.24. The van der Waals surface area contributed by atoms with Gasteiger partial charge in [0.1, 0.15) is 5.69 Å². The van der Waals surface area contributed by atoms with Gasteiger partial charge in [0.05, 0.1) is 21.6 Å². The molecule has 1 aromatic heterocycles. The molecule has 160 valence electrons. The fourth-order valence-corrected chi connectivity index (χ4v) is 5.03. The third-order valence-electron chi connectivity index (χ3n) is 5.62. The van der Waals surface area contributed by atoms with Crippen LogP contribution in [0.25, 0.3) is 0 Å². The van der Waals surface area contributed by atoms with E-state index in [2.05, 4.69) is 15.2 Å². The van der Waals surface area contributed by atoms with Gasteiger partial charge in [-0.1, -0.05) is 11.3 Å². The van der Waals surface area contributed by atoms with Gasteiger partial charge in [-0.25, -0.2) is 4.98 Å². The van der Waals surface area contributed by atoms with Crippen molar-refractivity contribution in [2.45, 2.75) is 45.1 Å². The number of aryl methyl sites for hydroxylation is 1. The Balaban J connectivity index is 1.54. The van der Waals surface area contributed by atoms with Crippen molar-refractivity contribution < 1.29 is 14.5 Å². The second-order valence-corrected chi connectivity index (χ2v) is 8.77. The standard InChI is InChI=1S/C21H26N4O4S/c1-14-20(30-21(23-14)24-9-3-2-4-10-24)19(26)15-7-8-17(18(12-15)25(27)28)22-13-16-6-5-11-29-16/h7-8,12,16,22H,2-6,9-11,13H2,1H3/t16-/m1/s1. The van der Waals surface area contributed by atoms with Crippen LogP contribution in [0, 0.1) is 17.0 Å². The van der Waals surface area contributed by atoms with Gasteiger partial charge in [-0.05, 0) is 51.2 Å². The normalized spacial score (nSPS) is 19.1. The molecule has 2 aliphatic heterocycles. The van der Waals surface area contributed by atoms with Crippen LogP contribution < -0.4 is 10.2 Å². The number of carbonyl (C=O) groups excluding carboxylic acids is 1. The van der Waals surface area contributed by atoms with Crippen molar-refractivity contribution in [3.63, 3.8) is 0 Å². The van der Waals surface area contributed by atoms with E-state index in [0.717, 1.165) is 50.5 Å². The summed E-state index contributed by atoms with van der Waals surface area (Å²) < 4.78 is 5.56. The highest BCUT2D eigenvalue weighted by atomic mass is 32.1. The first kappa shape index (κ1) is 20.7. The van der Waals surface area contributed by atoms with E-state index in [1.54, 1.807) is 12.1 Å². The summed E-state index contributed by atoms with van der Waals surface area (Å²) in [7, 11) is 0. The average molecular weight is 431 g/mol. The van der Waals surface area contributed by atoms with Gasteiger partial charge in [-0.2, -0.15) is 0 Å². The summed E-state index contributed by atoms with van der Waals surface area (Å²) >= 11 is 1.38. The number of nitrogens with zero attached hydrogens (tertiary/aromatic N) is 3. The Morgan fingerprint density at radius 3 is 2.83 bits per heavy atom. The van der Waals surface area contributed by atoms with E-state index in [9.17, 15) is 14.9 Å². The quantitative estimate of drug-likeness (QED) is 0.400. The number of ketones is 1. The summed E-state index contributed by atoms with van der Waals surface area (Å²) in [6, 6.07) is 4.62. The fraction of sp³-hybridized carbons (Fsp3) is 0.524. The molecule has 0 unspecified atom stereocenters. The Bertz CT molecular complexity index is 933. The molecule has 0 amide bonds. The molecule has 1 aromatic carbocycles. The zero-order chi connectivity index (χ0) is 21.1. The van der Waals surface area contributed by atoms with Crippen LogP contribution >= 0.6 is 11.3 Å². The van der Waals surface area contributed by atoms with Crippen LogP contribution in [0.5, 0.6) is 0 Å². The SMILES string of the molecule is Cc1nc(N2CCCCC2)sc1C(=O)c1ccc(NC[C@H]2CCCO2)c([N+](=O)[O-])c1. The molecular formula is C21H26N4O4S. The molecule has 0 spiro atoms. The molecule has 1 atom stereocenters. The zero-order valence-corrected chi connectivity index (χ0v) is 17.9. The molecule has 8 nitrogen and oxygen atoms in total. The van der Waals surface area contributed by atoms with Crippen molar-refractivity contribution in [2.75, 3.05) is 36.5 Å². The first-order valence-electron chi connectivity index (χ1n) is 10.4. The van der Waals surface area contributed by atoms with Crippen molar-refractivity contribution in [3.8, 4) is 0 Å². The maximum absolute atomic E-state index is 13.1. The van der Waals surface area contributed by atoms with Crippen LogP contribution in [0.3, 0.4) is 0 Å². The Labute approximate surface area is 179 Å². The second kappa shape index (κ2) is 9.09. The second-order valence-electron chi connectivity index (χ2n) is 7.79. The maximum atomic E-state index is 13.1. The predicted octanol–water partition coefficient (Wildman–Crippen LogP) is 4.17. The van der Waals surface area contributed by atoms with E-state index < -0.39 is 4.92 Å². The minimum absolute atomic E-state index is 0.0685. The van der Waals surface area contributed by atoms with E-state index in [1.807, 2.05) is 6.92 Å². The van der Waals surface area contributed by atoms with Gasteiger partial charge in [0.25, 0.3) is 5.69 Å². The molecule has 0 saturated carbocycles. The number of carbonyl (C=O) groups is 1. The van der Waals surface area contributed by atoms with Gasteiger partial charge in [-0.3, -0.25) is 14.9 Å². The predicted molar refractivity (Wildman–Crippen MR) is 117 cm³/mol. The fourth-order valence-electron chi connectivity index (χ4n) is 3.95. The Kier molecular flexibility index (Phi) is 6.29. The van der Waals surface area contributed by atoms with Gasteiger partial charge in [-0.15, -0.1) is 0 Å². The van der Waals surface area contributed by atoms with Crippen molar-refractivity contribution in [3.05, 3.63) is 44.4 Å². The van der Waals surface area contributed by atoms with E-state index in [1.165, 1.54) is 23.8 Å². The molecular weight excluding hydrogens is 404 g/mol. The minimum Gasteiger partial charge on any atom is -0.377 e. The van der Waals surface area contributed by atoms with Crippen LogP contribution in [-0.2, 0) is 4.74 Å². The number of thiazole rings is 1. The number of aromatic nitrogens is 1. The van der Waals surface area contributed by atoms with E-state index >= 15 is 0 Å². The van der Waals surface area contributed by atoms with Gasteiger partial charge in [0, 0.05) is 37.9 Å². The lowest BCUT2D eigenvalue weighted by Crippen LogP contribution is -2.29. The Morgan fingerprint density at radius 1 is 1.33 bits per heavy atom. The van der Waals surface area contributed by atoms with Crippen LogP contribution in [-0.4, -0.2) is 48.0 Å². The molecule has 4 rings (SSSR count). The van der Waals surface area contributed by atoms with Crippen LogP contribution in [0.2, 0.25) is 0 Å². The molecule has 3 heterocycles. The molecule has 9 heteroatoms. The molecule has 1 N–H and O–H groups in total. The summed E-state index contributed by atoms with van der Waals surface area (Å²) in [4.78, 5) is 31.6. The molecule has 2 aromatic rings. The first-order chi connectivity index (χ1) is 14.5. The lowest BCUT2D eigenvalue weighted by molar-refractivity contribution is -0.384. The number of piperidine rings is 1. The number of anilines is 2. The highest BCUT2D eigenvalue weighted by Crippen LogP contribution is 2.32. The molecule has 2 fully saturated rings. The molecule has 2 saturated heterocycles. The summed E-state index contributed by atoms with van der Waals surface area (Å²) in [5, 5.41) is 15.6. The van der Waals surface area contributed by atoms with Gasteiger partial charge in [0.15, 0.2) is 5.13 Å². The number of nitrogens with one attached hydrogen (secondary N) is 1. The number of ether oxygens (including phenoxy) is 1. The van der Waals surface area contributed by atoms with E-state index in [0.29, 0.717) is 28.4 Å². The van der Waals surface area contributed by atoms with Crippen molar-refractivity contribution >= 4 is 33.6 Å². The van der Waals surface area contributed by atoms with Gasteiger partial charge in [0.2, 0.25) is 5.78 Å². The molecule has 0 aliphatic carbocycles. The zero-order valence-electron chi connectivity index (χ0n) is 17.1. The van der Waals surface area contributed by atoms with Crippen LogP contribution in [0.4, 0.5) is 16.5 Å². The molecule has 30 heavy (non-hydrogen) atoms. The van der Waals surface area contributed by atoms with E-state index in [4.69, 9.17) is 4.74 Å². The molecule has 2 aliphatic rings. The lowest BCUT2D eigenvalue weighted by Gasteiger charge is -2.25. The number of nitro benzene ring substituents is 1. The summed E-state index contributed by atoms with van der Waals surface area (Å²) in [5.74, 6) is -0.220. The highest BCUT2D eigenvalue weighted by molar-refractivity contribution is 7.17. The summed E-state index contributed by atoms with van der Waals surface area (Å²) in [5.41, 5.74) is 1.29. The van der Waals surface area contributed by atoms with Crippen LogP contribution in [0.1, 0.15) is 53.0 Å². The topological polar surface area (TPSA) is 97.6 Å². The Morgan fingerprint density at radius 2 is 2.13 bits per heavy atom. The smallest absolute Gasteiger partial charge is 0.293 e. The van der Waals surface area contributed by atoms with Gasteiger partial charge >= 0.3 is 0 Å². The monoisotopic (exact) mass is 430 g/mol. The Hall–Kier alpha value is -2.52. The number of rotatable bonds is 7. The maximum Gasteiger partial charge on any atom is 0.293 e. The van der Waals surface area contributed by atoms with E-state index in [-0.39, 0.29) is 17.6 Å². The number of hydrogen-bond acceptors (Lipinski definition) is 8. The van der Waals surface area contributed by atoms with Crippen molar-refractivity contribution in [1.82, 2.24) is 4.98 Å². The largest absolute Gasteiger partial charge is 0.377 e. The molecule has 0 bridgehead atoms. The number of hydrogen-bond donors (Lipinski definition) is 1. The van der Waals surface area contributed by atoms with Crippen molar-refractivity contribution in [1.29, 1.82) is 0 Å². The van der Waals surface area contributed by atoms with Crippen molar-refractivity contribution in [2.24, 2.45) is 0 Å². The van der Waals surface area contributed by atoms with Gasteiger partial charge < -0.3 is 15.0 Å². The number of benzene rings is 1. The summed E-state index contributed by atoms with van der Waals surface area (Å²) in [6.45, 7) is 4.98. The minimum atomic E-state index is -0.451. The average Bonchev–Trinajstić information content (AvgIpc) is 3.42. The number of nitro groups is 1. The first-order valence-corrected chi connectivity index (χ1v) is 11.3. The summed E-state index contributed by atoms with van der Waals surface area (Å²) in [6.07, 6.45) is 5.52. The van der Waals surface area contributed by atoms with Crippen LogP contribution in [0.15, 0.2) is 18.2 Å². The molecule has 0 radical (unpaired) electrons. The third-order valence-corrected chi connectivity index (χ3v) is 6.84. The lowest BCUT2D eigenvalue weighted by atomic mass is 10.1.